The smallest absolute Gasteiger partial charge is 0.325 e. The van der Waals surface area contributed by atoms with E-state index in [0.29, 0.717) is 18.5 Å². The summed E-state index contributed by atoms with van der Waals surface area (Å²) in [4.78, 5) is 22.4. The van der Waals surface area contributed by atoms with Crippen LogP contribution in [0.3, 0.4) is 0 Å². The van der Waals surface area contributed by atoms with Crippen molar-refractivity contribution in [3.8, 4) is 5.75 Å². The number of aromatic nitrogens is 3. The van der Waals surface area contributed by atoms with Crippen molar-refractivity contribution in [1.29, 1.82) is 0 Å². The van der Waals surface area contributed by atoms with Crippen LogP contribution in [0, 0.1) is 0 Å². The minimum absolute atomic E-state index is 0.116. The number of benzene rings is 1. The number of carboxylic acid groups (broad SMARTS) is 1. The first kappa shape index (κ1) is 17.9. The predicted molar refractivity (Wildman–Crippen MR) is 88.5 cm³/mol. The third-order valence-corrected chi connectivity index (χ3v) is 3.83. The number of methoxy groups -OCH3 is 1. The molecule has 8 nitrogen and oxygen atoms in total. The number of ether oxygens (including phenoxy) is 1. The van der Waals surface area contributed by atoms with E-state index in [0.717, 1.165) is 15.8 Å². The highest BCUT2D eigenvalue weighted by molar-refractivity contribution is 9.10. The van der Waals surface area contributed by atoms with Crippen LogP contribution in [0.25, 0.3) is 0 Å². The van der Waals surface area contributed by atoms with Gasteiger partial charge in [0.15, 0.2) is 0 Å². The first-order valence-electron chi connectivity index (χ1n) is 7.18. The van der Waals surface area contributed by atoms with Crippen molar-refractivity contribution in [1.82, 2.24) is 20.3 Å². The number of nitrogens with one attached hydrogen (secondary N) is 1. The molecule has 1 amide bonds. The number of carbonyl (C=O) groups is 2. The fourth-order valence-electron chi connectivity index (χ4n) is 2.04. The van der Waals surface area contributed by atoms with Crippen LogP contribution in [-0.4, -0.2) is 39.1 Å². The van der Waals surface area contributed by atoms with E-state index in [-0.39, 0.29) is 19.0 Å². The van der Waals surface area contributed by atoms with Gasteiger partial charge in [0.2, 0.25) is 5.91 Å². The number of amides is 1. The number of carbonyl (C=O) groups excluding carboxylic acids is 1. The van der Waals surface area contributed by atoms with Crippen LogP contribution in [0.2, 0.25) is 0 Å². The molecule has 0 atom stereocenters. The van der Waals surface area contributed by atoms with E-state index in [1.54, 1.807) is 7.11 Å². The highest BCUT2D eigenvalue weighted by Crippen LogP contribution is 2.25. The SMILES string of the molecule is COc1ccc(CCC(=O)NCc2cn(CC(=O)O)nn2)cc1Br. The standard InChI is InChI=1S/C15H17BrN4O4/c1-24-13-4-2-10(6-12(13)16)3-5-14(21)17-7-11-8-20(19-18-11)9-15(22)23/h2,4,6,8H,3,5,7,9H2,1H3,(H,17,21)(H,22,23). The Balaban J connectivity index is 1.78. The lowest BCUT2D eigenvalue weighted by Crippen LogP contribution is -2.23. The molecule has 0 radical (unpaired) electrons. The van der Waals surface area contributed by atoms with Gasteiger partial charge < -0.3 is 15.2 Å². The molecular weight excluding hydrogens is 380 g/mol. The molecule has 0 aliphatic carbocycles. The average Bonchev–Trinajstić information content (AvgIpc) is 2.97. The maximum Gasteiger partial charge on any atom is 0.325 e. The van der Waals surface area contributed by atoms with Crippen LogP contribution < -0.4 is 10.1 Å². The topological polar surface area (TPSA) is 106 Å². The number of aryl methyl sites for hydroxylation is 1. The summed E-state index contributed by atoms with van der Waals surface area (Å²) in [6, 6.07) is 5.68. The van der Waals surface area contributed by atoms with E-state index < -0.39 is 5.97 Å². The van der Waals surface area contributed by atoms with Crippen molar-refractivity contribution in [2.24, 2.45) is 0 Å². The molecule has 0 unspecified atom stereocenters. The fraction of sp³-hybridized carbons (Fsp3) is 0.333. The second kappa shape index (κ2) is 8.44. The normalized spacial score (nSPS) is 10.4. The number of hydrogen-bond donors (Lipinski definition) is 2. The first-order valence-corrected chi connectivity index (χ1v) is 7.97. The van der Waals surface area contributed by atoms with Crippen LogP contribution in [0.1, 0.15) is 17.7 Å². The highest BCUT2D eigenvalue weighted by atomic mass is 79.9. The summed E-state index contributed by atoms with van der Waals surface area (Å²) in [6.07, 6.45) is 2.43. The second-order valence-electron chi connectivity index (χ2n) is 5.05. The van der Waals surface area contributed by atoms with Gasteiger partial charge >= 0.3 is 5.97 Å². The Kier molecular flexibility index (Phi) is 6.30. The lowest BCUT2D eigenvalue weighted by Gasteiger charge is -2.06. The molecule has 24 heavy (non-hydrogen) atoms. The number of aliphatic carboxylic acids is 1. The van der Waals surface area contributed by atoms with Crippen LogP contribution in [-0.2, 0) is 29.1 Å². The molecule has 128 valence electrons. The largest absolute Gasteiger partial charge is 0.496 e. The Morgan fingerprint density at radius 3 is 2.88 bits per heavy atom. The van der Waals surface area contributed by atoms with E-state index >= 15 is 0 Å². The van der Waals surface area contributed by atoms with Gasteiger partial charge in [-0.15, -0.1) is 5.10 Å². The third-order valence-electron chi connectivity index (χ3n) is 3.21. The highest BCUT2D eigenvalue weighted by Gasteiger charge is 2.08. The number of rotatable bonds is 8. The Morgan fingerprint density at radius 2 is 2.21 bits per heavy atom. The van der Waals surface area contributed by atoms with Crippen LogP contribution >= 0.6 is 15.9 Å². The molecule has 1 aromatic carbocycles. The number of halogens is 1. The molecule has 9 heteroatoms. The molecule has 0 bridgehead atoms. The molecule has 0 fully saturated rings. The lowest BCUT2D eigenvalue weighted by molar-refractivity contribution is -0.138. The molecular formula is C15H17BrN4O4. The Bertz CT molecular complexity index is 732. The second-order valence-corrected chi connectivity index (χ2v) is 5.90. The quantitative estimate of drug-likeness (QED) is 0.697. The summed E-state index contributed by atoms with van der Waals surface area (Å²) in [5, 5.41) is 18.9. The van der Waals surface area contributed by atoms with Gasteiger partial charge in [-0.3, -0.25) is 9.59 Å². The van der Waals surface area contributed by atoms with Crippen molar-refractivity contribution in [3.05, 3.63) is 40.1 Å². The Morgan fingerprint density at radius 1 is 1.42 bits per heavy atom. The molecule has 0 saturated heterocycles. The maximum atomic E-state index is 11.9. The summed E-state index contributed by atoms with van der Waals surface area (Å²) in [5.41, 5.74) is 1.53. The zero-order valence-electron chi connectivity index (χ0n) is 13.0. The summed E-state index contributed by atoms with van der Waals surface area (Å²) < 4.78 is 7.21. The van der Waals surface area contributed by atoms with Gasteiger partial charge in [-0.05, 0) is 40.0 Å². The first-order chi connectivity index (χ1) is 11.5. The van der Waals surface area contributed by atoms with Gasteiger partial charge in [0.25, 0.3) is 0 Å². The molecule has 1 aromatic heterocycles. The minimum atomic E-state index is -0.999. The monoisotopic (exact) mass is 396 g/mol. The summed E-state index contributed by atoms with van der Waals surface area (Å²) in [5.74, 6) is -0.372. The van der Waals surface area contributed by atoms with E-state index in [1.807, 2.05) is 18.2 Å². The van der Waals surface area contributed by atoms with Crippen molar-refractivity contribution < 1.29 is 19.4 Å². The minimum Gasteiger partial charge on any atom is -0.496 e. The van der Waals surface area contributed by atoms with E-state index in [2.05, 4.69) is 31.6 Å². The molecule has 0 saturated carbocycles. The van der Waals surface area contributed by atoms with Gasteiger partial charge in [0.05, 0.1) is 24.3 Å². The summed E-state index contributed by atoms with van der Waals surface area (Å²) >= 11 is 3.41. The maximum absolute atomic E-state index is 11.9. The van der Waals surface area contributed by atoms with E-state index in [4.69, 9.17) is 9.84 Å². The van der Waals surface area contributed by atoms with Crippen molar-refractivity contribution in [2.75, 3.05) is 7.11 Å². The molecule has 2 aromatic rings. The van der Waals surface area contributed by atoms with Crippen LogP contribution in [0.4, 0.5) is 0 Å². The third kappa shape index (κ3) is 5.34. The van der Waals surface area contributed by atoms with Crippen molar-refractivity contribution in [3.63, 3.8) is 0 Å². The summed E-state index contributed by atoms with van der Waals surface area (Å²) in [7, 11) is 1.60. The van der Waals surface area contributed by atoms with E-state index in [1.165, 1.54) is 10.9 Å². The van der Waals surface area contributed by atoms with Gasteiger partial charge in [0, 0.05) is 6.42 Å². The lowest BCUT2D eigenvalue weighted by atomic mass is 10.1. The Labute approximate surface area is 146 Å². The molecule has 1 heterocycles. The average molecular weight is 397 g/mol. The van der Waals surface area contributed by atoms with Crippen LogP contribution in [0.15, 0.2) is 28.9 Å². The van der Waals surface area contributed by atoms with Crippen molar-refractivity contribution >= 4 is 27.8 Å². The van der Waals surface area contributed by atoms with Crippen molar-refractivity contribution in [2.45, 2.75) is 25.9 Å². The van der Waals surface area contributed by atoms with Gasteiger partial charge in [-0.2, -0.15) is 0 Å². The van der Waals surface area contributed by atoms with Gasteiger partial charge in [0.1, 0.15) is 18.0 Å². The number of hydrogen-bond acceptors (Lipinski definition) is 5. The zero-order chi connectivity index (χ0) is 17.5. The Hall–Kier alpha value is -2.42. The van der Waals surface area contributed by atoms with Gasteiger partial charge in [-0.25, -0.2) is 4.68 Å². The zero-order valence-corrected chi connectivity index (χ0v) is 14.6. The predicted octanol–water partition coefficient (Wildman–Crippen LogP) is 1.38. The molecule has 2 rings (SSSR count). The molecule has 0 aliphatic rings. The van der Waals surface area contributed by atoms with E-state index in [9.17, 15) is 9.59 Å². The van der Waals surface area contributed by atoms with Gasteiger partial charge in [-0.1, -0.05) is 11.3 Å². The number of nitrogens with zero attached hydrogens (tertiary/aromatic N) is 3. The fourth-order valence-corrected chi connectivity index (χ4v) is 2.62. The molecule has 0 aliphatic heterocycles. The molecule has 2 N–H and O–H groups in total. The summed E-state index contributed by atoms with van der Waals surface area (Å²) in [6.45, 7) is -0.0436. The van der Waals surface area contributed by atoms with Crippen LogP contribution in [0.5, 0.6) is 5.75 Å². The molecule has 0 spiro atoms. The number of carboxylic acids is 1.